The van der Waals surface area contributed by atoms with Gasteiger partial charge in [0.2, 0.25) is 12.7 Å². The van der Waals surface area contributed by atoms with E-state index >= 15 is 0 Å². The quantitative estimate of drug-likeness (QED) is 0.859. The highest BCUT2D eigenvalue weighted by Gasteiger charge is 2.24. The maximum atomic E-state index is 12.4. The number of aromatic nitrogens is 2. The van der Waals surface area contributed by atoms with Crippen LogP contribution in [0.5, 0.6) is 11.5 Å². The van der Waals surface area contributed by atoms with Gasteiger partial charge in [0.05, 0.1) is 6.04 Å². The number of amides is 2. The Morgan fingerprint density at radius 2 is 2.07 bits per heavy atom. The molecule has 8 nitrogen and oxygen atoms in total. The molecule has 0 unspecified atom stereocenters. The Morgan fingerprint density at radius 1 is 1.26 bits per heavy atom. The third-order valence-corrected chi connectivity index (χ3v) is 4.84. The fourth-order valence-corrected chi connectivity index (χ4v) is 3.42. The molecule has 0 bridgehead atoms. The van der Waals surface area contributed by atoms with Gasteiger partial charge in [-0.15, -0.1) is 0 Å². The number of hydrogen-bond donors (Lipinski definition) is 2. The van der Waals surface area contributed by atoms with Crippen molar-refractivity contribution in [1.82, 2.24) is 20.6 Å². The van der Waals surface area contributed by atoms with E-state index in [1.807, 2.05) is 25.1 Å². The second kappa shape index (κ2) is 7.69. The molecule has 2 aliphatic rings. The lowest BCUT2D eigenvalue weighted by atomic mass is 10.1. The molecule has 1 saturated heterocycles. The molecule has 2 aromatic rings. The van der Waals surface area contributed by atoms with Crippen molar-refractivity contribution in [1.29, 1.82) is 0 Å². The first-order chi connectivity index (χ1) is 13.2. The van der Waals surface area contributed by atoms with E-state index < -0.39 is 0 Å². The summed E-state index contributed by atoms with van der Waals surface area (Å²) in [6, 6.07) is 7.25. The van der Waals surface area contributed by atoms with Gasteiger partial charge in [0.1, 0.15) is 0 Å². The van der Waals surface area contributed by atoms with Gasteiger partial charge in [0.15, 0.2) is 11.5 Å². The number of nitrogens with one attached hydrogen (secondary N) is 2. The van der Waals surface area contributed by atoms with Gasteiger partial charge in [-0.2, -0.15) is 0 Å². The van der Waals surface area contributed by atoms with E-state index in [1.54, 1.807) is 18.5 Å². The van der Waals surface area contributed by atoms with Crippen LogP contribution in [0.3, 0.4) is 0 Å². The number of anilines is 1. The summed E-state index contributed by atoms with van der Waals surface area (Å²) in [5.41, 5.74) is 0.970. The number of nitrogens with zero attached hydrogens (tertiary/aromatic N) is 3. The number of benzene rings is 1. The van der Waals surface area contributed by atoms with Crippen LogP contribution in [0.25, 0.3) is 0 Å². The van der Waals surface area contributed by atoms with Crippen molar-refractivity contribution in [2.45, 2.75) is 31.8 Å². The molecule has 1 fully saturated rings. The van der Waals surface area contributed by atoms with E-state index in [-0.39, 0.29) is 24.9 Å². The predicted molar refractivity (Wildman–Crippen MR) is 99.9 cm³/mol. The largest absolute Gasteiger partial charge is 0.454 e. The molecule has 0 spiro atoms. The monoisotopic (exact) mass is 369 g/mol. The molecule has 0 radical (unpaired) electrons. The molecular formula is C19H23N5O3. The minimum absolute atomic E-state index is 0.0616. The van der Waals surface area contributed by atoms with Crippen molar-refractivity contribution in [3.63, 3.8) is 0 Å². The number of carbonyl (C=O) groups is 1. The summed E-state index contributed by atoms with van der Waals surface area (Å²) in [6.07, 6.45) is 5.40. The van der Waals surface area contributed by atoms with Crippen molar-refractivity contribution in [2.24, 2.45) is 0 Å². The number of rotatable bonds is 4. The van der Waals surface area contributed by atoms with E-state index in [1.165, 1.54) is 0 Å². The lowest BCUT2D eigenvalue weighted by molar-refractivity contribution is 0.174. The molecule has 2 atom stereocenters. The SMILES string of the molecule is C[C@H](NC(=O)N[C@@H]1CCCN(c2ncccn2)C1)c1ccc2c(c1)OCO2. The van der Waals surface area contributed by atoms with Crippen LogP contribution in [0.4, 0.5) is 10.7 Å². The molecule has 4 rings (SSSR count). The van der Waals surface area contributed by atoms with Crippen molar-refractivity contribution < 1.29 is 14.3 Å². The van der Waals surface area contributed by atoms with Crippen molar-refractivity contribution in [3.8, 4) is 11.5 Å². The first-order valence-corrected chi connectivity index (χ1v) is 9.17. The Hall–Kier alpha value is -3.03. The topological polar surface area (TPSA) is 88.6 Å². The summed E-state index contributed by atoms with van der Waals surface area (Å²) in [5.74, 6) is 2.16. The average Bonchev–Trinajstić information content (AvgIpc) is 3.16. The standard InChI is InChI=1S/C19H23N5O3/c1-13(14-5-6-16-17(10-14)27-12-26-16)22-19(25)23-15-4-2-9-24(11-15)18-20-7-3-8-21-18/h3,5-8,10,13,15H,2,4,9,11-12H2,1H3,(H2,22,23,25)/t13-,15+/m0/s1. The highest BCUT2D eigenvalue weighted by molar-refractivity contribution is 5.75. The summed E-state index contributed by atoms with van der Waals surface area (Å²) in [7, 11) is 0. The summed E-state index contributed by atoms with van der Waals surface area (Å²) >= 11 is 0. The van der Waals surface area contributed by atoms with Gasteiger partial charge in [-0.05, 0) is 43.5 Å². The van der Waals surface area contributed by atoms with Gasteiger partial charge < -0.3 is 25.0 Å². The van der Waals surface area contributed by atoms with Crippen LogP contribution in [0, 0.1) is 0 Å². The molecule has 2 N–H and O–H groups in total. The van der Waals surface area contributed by atoms with Crippen LogP contribution in [0.1, 0.15) is 31.4 Å². The van der Waals surface area contributed by atoms with Crippen molar-refractivity contribution in [3.05, 3.63) is 42.2 Å². The molecule has 0 aliphatic carbocycles. The Balaban J connectivity index is 1.32. The molecule has 2 aliphatic heterocycles. The number of carbonyl (C=O) groups excluding carboxylic acids is 1. The fraction of sp³-hybridized carbons (Fsp3) is 0.421. The van der Waals surface area contributed by atoms with E-state index in [0.717, 1.165) is 30.7 Å². The Morgan fingerprint density at radius 3 is 2.93 bits per heavy atom. The zero-order chi connectivity index (χ0) is 18.6. The van der Waals surface area contributed by atoms with Crippen molar-refractivity contribution in [2.75, 3.05) is 24.8 Å². The maximum absolute atomic E-state index is 12.4. The third kappa shape index (κ3) is 4.05. The Labute approximate surface area is 157 Å². The highest BCUT2D eigenvalue weighted by Crippen LogP contribution is 2.34. The summed E-state index contributed by atoms with van der Waals surface area (Å²) in [5, 5.41) is 6.06. The first-order valence-electron chi connectivity index (χ1n) is 9.17. The van der Waals surface area contributed by atoms with Crippen molar-refractivity contribution >= 4 is 12.0 Å². The zero-order valence-corrected chi connectivity index (χ0v) is 15.2. The average molecular weight is 369 g/mol. The predicted octanol–water partition coefficient (Wildman–Crippen LogP) is 2.23. The maximum Gasteiger partial charge on any atom is 0.315 e. The summed E-state index contributed by atoms with van der Waals surface area (Å²) in [4.78, 5) is 23.1. The lowest BCUT2D eigenvalue weighted by Gasteiger charge is -2.33. The molecule has 1 aromatic carbocycles. The minimum atomic E-state index is -0.180. The molecule has 2 amide bonds. The zero-order valence-electron chi connectivity index (χ0n) is 15.2. The molecule has 0 saturated carbocycles. The molecule has 142 valence electrons. The molecule has 8 heteroatoms. The smallest absolute Gasteiger partial charge is 0.315 e. The molecule has 27 heavy (non-hydrogen) atoms. The van der Waals surface area contributed by atoms with Gasteiger partial charge in [-0.3, -0.25) is 0 Å². The molecule has 3 heterocycles. The number of ether oxygens (including phenoxy) is 2. The van der Waals surface area contributed by atoms with Crippen LogP contribution >= 0.6 is 0 Å². The number of urea groups is 1. The highest BCUT2D eigenvalue weighted by atomic mass is 16.7. The molecule has 1 aromatic heterocycles. The van der Waals surface area contributed by atoms with Gasteiger partial charge >= 0.3 is 6.03 Å². The van der Waals surface area contributed by atoms with Gasteiger partial charge in [0, 0.05) is 31.5 Å². The Bertz CT molecular complexity index is 801. The van der Waals surface area contributed by atoms with Gasteiger partial charge in [-0.1, -0.05) is 6.07 Å². The van der Waals surface area contributed by atoms with E-state index in [0.29, 0.717) is 18.2 Å². The van der Waals surface area contributed by atoms with Crippen LogP contribution < -0.4 is 25.0 Å². The van der Waals surface area contributed by atoms with Crippen LogP contribution in [0.15, 0.2) is 36.7 Å². The van der Waals surface area contributed by atoms with Crippen LogP contribution in [0.2, 0.25) is 0 Å². The first kappa shape index (κ1) is 17.4. The number of hydrogen-bond acceptors (Lipinski definition) is 6. The van der Waals surface area contributed by atoms with Gasteiger partial charge in [0.25, 0.3) is 0 Å². The third-order valence-electron chi connectivity index (χ3n) is 4.84. The normalized spacial score (nSPS) is 19.4. The lowest BCUT2D eigenvalue weighted by Crippen LogP contribution is -2.51. The minimum Gasteiger partial charge on any atom is -0.454 e. The van der Waals surface area contributed by atoms with E-state index in [9.17, 15) is 4.79 Å². The number of piperidine rings is 1. The van der Waals surface area contributed by atoms with E-state index in [2.05, 4.69) is 25.5 Å². The van der Waals surface area contributed by atoms with Crippen LogP contribution in [-0.2, 0) is 0 Å². The number of fused-ring (bicyclic) bond motifs is 1. The molecular weight excluding hydrogens is 346 g/mol. The van der Waals surface area contributed by atoms with E-state index in [4.69, 9.17) is 9.47 Å². The van der Waals surface area contributed by atoms with Gasteiger partial charge in [-0.25, -0.2) is 14.8 Å². The second-order valence-electron chi connectivity index (χ2n) is 6.79. The summed E-state index contributed by atoms with van der Waals surface area (Å²) in [6.45, 7) is 3.79. The second-order valence-corrected chi connectivity index (χ2v) is 6.79. The fourth-order valence-electron chi connectivity index (χ4n) is 3.42. The summed E-state index contributed by atoms with van der Waals surface area (Å²) < 4.78 is 10.7. The Kier molecular flexibility index (Phi) is 4.95. The van der Waals surface area contributed by atoms with Crippen LogP contribution in [-0.4, -0.2) is 41.9 Å².